The van der Waals surface area contributed by atoms with Crippen molar-refractivity contribution in [2.45, 2.75) is 19.4 Å². The number of hydrogen-bond donors (Lipinski definition) is 1. The van der Waals surface area contributed by atoms with E-state index in [4.69, 9.17) is 14.2 Å². The van der Waals surface area contributed by atoms with Crippen molar-refractivity contribution in [1.29, 1.82) is 0 Å². The highest BCUT2D eigenvalue weighted by molar-refractivity contribution is 5.82. The molecular formula is C16H23NO4. The molecule has 0 amide bonds. The predicted octanol–water partition coefficient (Wildman–Crippen LogP) is 2.26. The van der Waals surface area contributed by atoms with Gasteiger partial charge in [0.25, 0.3) is 0 Å². The van der Waals surface area contributed by atoms with Crippen LogP contribution in [0.4, 0.5) is 0 Å². The van der Waals surface area contributed by atoms with Gasteiger partial charge in [-0.15, -0.1) is 6.58 Å². The molecule has 1 N–H and O–H groups in total. The number of hydrogen-bond acceptors (Lipinski definition) is 5. The van der Waals surface area contributed by atoms with Gasteiger partial charge in [0, 0.05) is 6.54 Å². The summed E-state index contributed by atoms with van der Waals surface area (Å²) in [5.41, 5.74) is -0.246. The van der Waals surface area contributed by atoms with E-state index in [0.717, 1.165) is 5.56 Å². The van der Waals surface area contributed by atoms with Gasteiger partial charge in [-0.05, 0) is 31.5 Å². The van der Waals surface area contributed by atoms with Gasteiger partial charge in [-0.2, -0.15) is 0 Å². The molecule has 0 fully saturated rings. The van der Waals surface area contributed by atoms with Crippen molar-refractivity contribution >= 4 is 5.97 Å². The normalized spacial score (nSPS) is 13.1. The molecule has 1 aromatic rings. The number of carbonyl (C=O) groups is 1. The fourth-order valence-electron chi connectivity index (χ4n) is 1.99. The van der Waals surface area contributed by atoms with E-state index in [1.807, 2.05) is 6.07 Å². The lowest BCUT2D eigenvalue weighted by Gasteiger charge is -2.29. The van der Waals surface area contributed by atoms with Crippen molar-refractivity contribution in [3.63, 3.8) is 0 Å². The Bertz CT molecular complexity index is 501. The molecule has 5 heteroatoms. The topological polar surface area (TPSA) is 56.8 Å². The predicted molar refractivity (Wildman–Crippen MR) is 81.7 cm³/mol. The molecule has 1 unspecified atom stereocenters. The van der Waals surface area contributed by atoms with Gasteiger partial charge in [0.05, 0.1) is 20.8 Å². The third kappa shape index (κ3) is 3.76. The summed E-state index contributed by atoms with van der Waals surface area (Å²) in [4.78, 5) is 12.3. The van der Waals surface area contributed by atoms with Gasteiger partial charge in [-0.3, -0.25) is 5.32 Å². The van der Waals surface area contributed by atoms with E-state index >= 15 is 0 Å². The number of esters is 1. The lowest BCUT2D eigenvalue weighted by Crippen LogP contribution is -2.47. The van der Waals surface area contributed by atoms with Gasteiger partial charge in [-0.1, -0.05) is 12.1 Å². The first-order valence-electron chi connectivity index (χ1n) is 6.79. The molecule has 116 valence electrons. The van der Waals surface area contributed by atoms with Crippen molar-refractivity contribution in [3.05, 3.63) is 36.4 Å². The SMILES string of the molecule is C=CCNC(C)(C(=O)OCC)c1ccc(OC)c(OC)c1. The van der Waals surface area contributed by atoms with Gasteiger partial charge in [-0.25, -0.2) is 4.79 Å². The molecule has 0 heterocycles. The minimum Gasteiger partial charge on any atom is -0.493 e. The van der Waals surface area contributed by atoms with Crippen LogP contribution in [-0.2, 0) is 15.1 Å². The molecule has 0 aromatic heterocycles. The molecule has 0 saturated heterocycles. The highest BCUT2D eigenvalue weighted by atomic mass is 16.5. The van der Waals surface area contributed by atoms with Crippen LogP contribution in [0.25, 0.3) is 0 Å². The van der Waals surface area contributed by atoms with Crippen molar-refractivity contribution in [3.8, 4) is 11.5 Å². The molecule has 1 aromatic carbocycles. The molecule has 0 spiro atoms. The van der Waals surface area contributed by atoms with Crippen LogP contribution in [0.5, 0.6) is 11.5 Å². The van der Waals surface area contributed by atoms with Crippen molar-refractivity contribution < 1.29 is 19.0 Å². The Morgan fingerprint density at radius 2 is 2.00 bits per heavy atom. The number of nitrogens with one attached hydrogen (secondary N) is 1. The third-order valence-electron chi connectivity index (χ3n) is 3.24. The number of benzene rings is 1. The van der Waals surface area contributed by atoms with E-state index in [-0.39, 0.29) is 5.97 Å². The molecule has 21 heavy (non-hydrogen) atoms. The van der Waals surface area contributed by atoms with E-state index in [2.05, 4.69) is 11.9 Å². The lowest BCUT2D eigenvalue weighted by atomic mass is 9.91. The number of methoxy groups -OCH3 is 2. The van der Waals surface area contributed by atoms with E-state index in [1.165, 1.54) is 0 Å². The highest BCUT2D eigenvalue weighted by Gasteiger charge is 2.36. The summed E-state index contributed by atoms with van der Waals surface area (Å²) in [5, 5.41) is 3.15. The summed E-state index contributed by atoms with van der Waals surface area (Å²) in [6.45, 7) is 8.01. The molecule has 0 aliphatic carbocycles. The first-order valence-corrected chi connectivity index (χ1v) is 6.79. The van der Waals surface area contributed by atoms with Gasteiger partial charge >= 0.3 is 5.97 Å². The Labute approximate surface area is 125 Å². The van der Waals surface area contributed by atoms with Crippen LogP contribution < -0.4 is 14.8 Å². The van der Waals surface area contributed by atoms with Crippen molar-refractivity contribution in [2.75, 3.05) is 27.4 Å². The largest absolute Gasteiger partial charge is 0.493 e. The molecular weight excluding hydrogens is 270 g/mol. The van der Waals surface area contributed by atoms with Crippen LogP contribution in [0.2, 0.25) is 0 Å². The molecule has 0 radical (unpaired) electrons. The summed E-state index contributed by atoms with van der Waals surface area (Å²) >= 11 is 0. The fourth-order valence-corrected chi connectivity index (χ4v) is 1.99. The van der Waals surface area contributed by atoms with Crippen LogP contribution in [0.1, 0.15) is 19.4 Å². The zero-order chi connectivity index (χ0) is 15.9. The van der Waals surface area contributed by atoms with E-state index in [1.54, 1.807) is 46.3 Å². The summed E-state index contributed by atoms with van der Waals surface area (Å²) < 4.78 is 15.7. The molecule has 0 aliphatic rings. The summed E-state index contributed by atoms with van der Waals surface area (Å²) in [6.07, 6.45) is 1.69. The van der Waals surface area contributed by atoms with Crippen molar-refractivity contribution in [1.82, 2.24) is 5.32 Å². The zero-order valence-corrected chi connectivity index (χ0v) is 13.1. The fraction of sp³-hybridized carbons (Fsp3) is 0.438. The average molecular weight is 293 g/mol. The minimum atomic E-state index is -0.982. The Morgan fingerprint density at radius 1 is 1.33 bits per heavy atom. The first kappa shape index (κ1) is 17.0. The van der Waals surface area contributed by atoms with Gasteiger partial charge < -0.3 is 14.2 Å². The Balaban J connectivity index is 3.24. The Kier molecular flexibility index (Phi) is 6.24. The molecule has 0 saturated carbocycles. The molecule has 5 nitrogen and oxygen atoms in total. The smallest absolute Gasteiger partial charge is 0.330 e. The van der Waals surface area contributed by atoms with Gasteiger partial charge in [0.1, 0.15) is 5.54 Å². The summed E-state index contributed by atoms with van der Waals surface area (Å²) in [7, 11) is 3.12. The first-order chi connectivity index (χ1) is 10.0. The highest BCUT2D eigenvalue weighted by Crippen LogP contribution is 2.32. The second kappa shape index (κ2) is 7.69. The van der Waals surface area contributed by atoms with E-state index < -0.39 is 5.54 Å². The standard InChI is InChI=1S/C16H23NO4/c1-6-10-17-16(3,15(18)21-7-2)12-8-9-13(19-4)14(11-12)20-5/h6,8-9,11,17H,1,7,10H2,2-5H3. The van der Waals surface area contributed by atoms with Crippen molar-refractivity contribution in [2.24, 2.45) is 0 Å². The maximum absolute atomic E-state index is 12.3. The minimum absolute atomic E-state index is 0.317. The van der Waals surface area contributed by atoms with Gasteiger partial charge in [0.15, 0.2) is 11.5 Å². The molecule has 0 bridgehead atoms. The maximum Gasteiger partial charge on any atom is 0.330 e. The Hall–Kier alpha value is -2.01. The molecule has 0 aliphatic heterocycles. The molecule has 1 atom stereocenters. The summed E-state index contributed by atoms with van der Waals surface area (Å²) in [5.74, 6) is 0.821. The summed E-state index contributed by atoms with van der Waals surface area (Å²) in [6, 6.07) is 5.35. The van der Waals surface area contributed by atoms with Crippen LogP contribution in [0.15, 0.2) is 30.9 Å². The van der Waals surface area contributed by atoms with E-state index in [9.17, 15) is 4.79 Å². The number of ether oxygens (including phenoxy) is 3. The quantitative estimate of drug-likeness (QED) is 0.588. The maximum atomic E-state index is 12.3. The lowest BCUT2D eigenvalue weighted by molar-refractivity contribution is -0.150. The Morgan fingerprint density at radius 3 is 2.52 bits per heavy atom. The third-order valence-corrected chi connectivity index (χ3v) is 3.24. The number of carbonyl (C=O) groups excluding carboxylic acids is 1. The zero-order valence-electron chi connectivity index (χ0n) is 13.1. The van der Waals surface area contributed by atoms with Crippen LogP contribution in [-0.4, -0.2) is 33.3 Å². The van der Waals surface area contributed by atoms with Crippen LogP contribution >= 0.6 is 0 Å². The van der Waals surface area contributed by atoms with E-state index in [0.29, 0.717) is 24.7 Å². The second-order valence-electron chi connectivity index (χ2n) is 4.58. The van der Waals surface area contributed by atoms with Crippen LogP contribution in [0, 0.1) is 0 Å². The number of rotatable bonds is 8. The average Bonchev–Trinajstić information content (AvgIpc) is 2.51. The molecule has 1 rings (SSSR count). The second-order valence-corrected chi connectivity index (χ2v) is 4.58. The van der Waals surface area contributed by atoms with Gasteiger partial charge in [0.2, 0.25) is 0 Å². The monoisotopic (exact) mass is 293 g/mol. The van der Waals surface area contributed by atoms with Crippen LogP contribution in [0.3, 0.4) is 0 Å².